The Morgan fingerprint density at radius 1 is 1.20 bits per heavy atom. The molecule has 1 unspecified atom stereocenters. The number of amides is 1. The monoisotopic (exact) mass is 339 g/mol. The SMILES string of the molecule is Cc1ccc(Oc2ccc(CN3CC(C(=O)O)CC3=O)cc2)c(C)c1. The van der Waals surface area contributed by atoms with E-state index in [1.165, 1.54) is 5.56 Å². The van der Waals surface area contributed by atoms with Gasteiger partial charge in [-0.3, -0.25) is 9.59 Å². The Labute approximate surface area is 146 Å². The number of carboxylic acids is 1. The third-order valence-electron chi connectivity index (χ3n) is 4.42. The zero-order valence-electron chi connectivity index (χ0n) is 14.4. The van der Waals surface area contributed by atoms with Crippen LogP contribution in [0.5, 0.6) is 11.5 Å². The van der Waals surface area contributed by atoms with Crippen LogP contribution in [0.1, 0.15) is 23.1 Å². The Morgan fingerprint density at radius 2 is 1.92 bits per heavy atom. The van der Waals surface area contributed by atoms with Crippen molar-refractivity contribution < 1.29 is 19.4 Å². The molecule has 0 saturated carbocycles. The molecular weight excluding hydrogens is 318 g/mol. The fraction of sp³-hybridized carbons (Fsp3) is 0.300. The first-order chi connectivity index (χ1) is 11.9. The van der Waals surface area contributed by atoms with Crippen LogP contribution in [0.3, 0.4) is 0 Å². The van der Waals surface area contributed by atoms with Crippen molar-refractivity contribution in [2.75, 3.05) is 6.54 Å². The first-order valence-electron chi connectivity index (χ1n) is 8.27. The summed E-state index contributed by atoms with van der Waals surface area (Å²) >= 11 is 0. The van der Waals surface area contributed by atoms with Crippen LogP contribution in [-0.2, 0) is 16.1 Å². The van der Waals surface area contributed by atoms with E-state index in [1.54, 1.807) is 4.90 Å². The smallest absolute Gasteiger partial charge is 0.308 e. The third kappa shape index (κ3) is 3.99. The number of benzene rings is 2. The number of carbonyl (C=O) groups excluding carboxylic acids is 1. The largest absolute Gasteiger partial charge is 0.481 e. The van der Waals surface area contributed by atoms with Gasteiger partial charge in [-0.2, -0.15) is 0 Å². The first-order valence-corrected chi connectivity index (χ1v) is 8.27. The summed E-state index contributed by atoms with van der Waals surface area (Å²) in [7, 11) is 0. The van der Waals surface area contributed by atoms with Gasteiger partial charge in [-0.1, -0.05) is 29.8 Å². The van der Waals surface area contributed by atoms with E-state index in [0.717, 1.165) is 22.6 Å². The lowest BCUT2D eigenvalue weighted by Crippen LogP contribution is -2.25. The number of ether oxygens (including phenoxy) is 1. The van der Waals surface area contributed by atoms with Crippen LogP contribution in [0.25, 0.3) is 0 Å². The number of aliphatic carboxylic acids is 1. The van der Waals surface area contributed by atoms with Gasteiger partial charge in [0.15, 0.2) is 0 Å². The second-order valence-electron chi connectivity index (χ2n) is 6.53. The second-order valence-corrected chi connectivity index (χ2v) is 6.53. The number of aryl methyl sites for hydroxylation is 2. The molecule has 25 heavy (non-hydrogen) atoms. The van der Waals surface area contributed by atoms with Gasteiger partial charge in [0.05, 0.1) is 5.92 Å². The molecule has 2 aromatic carbocycles. The topological polar surface area (TPSA) is 66.8 Å². The van der Waals surface area contributed by atoms with Crippen molar-refractivity contribution in [3.8, 4) is 11.5 Å². The van der Waals surface area contributed by atoms with Crippen molar-refractivity contribution >= 4 is 11.9 Å². The molecule has 0 aliphatic carbocycles. The van der Waals surface area contributed by atoms with Gasteiger partial charge >= 0.3 is 5.97 Å². The van der Waals surface area contributed by atoms with Gasteiger partial charge in [0, 0.05) is 19.5 Å². The number of likely N-dealkylation sites (tertiary alicyclic amines) is 1. The molecule has 5 nitrogen and oxygen atoms in total. The van der Waals surface area contributed by atoms with Crippen LogP contribution in [0.2, 0.25) is 0 Å². The van der Waals surface area contributed by atoms with E-state index >= 15 is 0 Å². The van der Waals surface area contributed by atoms with Gasteiger partial charge in [-0.05, 0) is 43.2 Å². The summed E-state index contributed by atoms with van der Waals surface area (Å²) in [5.41, 5.74) is 3.22. The fourth-order valence-electron chi connectivity index (χ4n) is 3.01. The van der Waals surface area contributed by atoms with Crippen molar-refractivity contribution in [3.63, 3.8) is 0 Å². The maximum Gasteiger partial charge on any atom is 0.308 e. The summed E-state index contributed by atoms with van der Waals surface area (Å²) in [5.74, 6) is -0.0695. The zero-order valence-corrected chi connectivity index (χ0v) is 14.4. The number of carboxylic acid groups (broad SMARTS) is 1. The number of hydrogen-bond donors (Lipinski definition) is 1. The minimum Gasteiger partial charge on any atom is -0.481 e. The minimum atomic E-state index is -0.909. The van der Waals surface area contributed by atoms with Crippen LogP contribution in [0, 0.1) is 19.8 Å². The summed E-state index contributed by atoms with van der Waals surface area (Å²) in [5, 5.41) is 9.04. The number of carbonyl (C=O) groups is 2. The van der Waals surface area contributed by atoms with Crippen molar-refractivity contribution in [1.82, 2.24) is 4.90 Å². The van der Waals surface area contributed by atoms with E-state index in [0.29, 0.717) is 6.54 Å². The molecule has 3 rings (SSSR count). The van der Waals surface area contributed by atoms with Crippen LogP contribution in [0.15, 0.2) is 42.5 Å². The van der Waals surface area contributed by atoms with Crippen molar-refractivity contribution in [1.29, 1.82) is 0 Å². The molecule has 0 bridgehead atoms. The summed E-state index contributed by atoms with van der Waals surface area (Å²) in [4.78, 5) is 24.5. The van der Waals surface area contributed by atoms with E-state index < -0.39 is 11.9 Å². The standard InChI is InChI=1S/C20H21NO4/c1-13-3-8-18(14(2)9-13)25-17-6-4-15(5-7-17)11-21-12-16(20(23)24)10-19(21)22/h3-9,16H,10-12H2,1-2H3,(H,23,24). The molecule has 1 aliphatic heterocycles. The number of rotatable bonds is 5. The second kappa shape index (κ2) is 6.97. The summed E-state index contributed by atoms with van der Waals surface area (Å²) in [6.07, 6.45) is 0.0865. The molecule has 1 heterocycles. The van der Waals surface area contributed by atoms with Gasteiger partial charge in [0.25, 0.3) is 0 Å². The zero-order chi connectivity index (χ0) is 18.0. The first kappa shape index (κ1) is 17.0. The van der Waals surface area contributed by atoms with Gasteiger partial charge in [-0.15, -0.1) is 0 Å². The fourth-order valence-corrected chi connectivity index (χ4v) is 3.01. The predicted molar refractivity (Wildman–Crippen MR) is 93.6 cm³/mol. The van der Waals surface area contributed by atoms with Crippen LogP contribution in [-0.4, -0.2) is 28.4 Å². The highest BCUT2D eigenvalue weighted by atomic mass is 16.5. The molecule has 0 aromatic heterocycles. The maximum atomic E-state index is 11.9. The lowest BCUT2D eigenvalue weighted by atomic mass is 10.1. The molecule has 1 aliphatic rings. The third-order valence-corrected chi connectivity index (χ3v) is 4.42. The molecule has 0 radical (unpaired) electrons. The molecule has 1 N–H and O–H groups in total. The van der Waals surface area contributed by atoms with Crippen LogP contribution in [0.4, 0.5) is 0 Å². The van der Waals surface area contributed by atoms with Crippen molar-refractivity contribution in [2.24, 2.45) is 5.92 Å². The Morgan fingerprint density at radius 3 is 2.52 bits per heavy atom. The van der Waals surface area contributed by atoms with E-state index in [-0.39, 0.29) is 18.9 Å². The van der Waals surface area contributed by atoms with Gasteiger partial charge in [-0.25, -0.2) is 0 Å². The molecular formula is C20H21NO4. The Bertz CT molecular complexity index is 798. The lowest BCUT2D eigenvalue weighted by molar-refractivity contribution is -0.141. The summed E-state index contributed by atoms with van der Waals surface area (Å²) < 4.78 is 5.90. The van der Waals surface area contributed by atoms with E-state index in [4.69, 9.17) is 9.84 Å². The average molecular weight is 339 g/mol. The van der Waals surface area contributed by atoms with E-state index in [9.17, 15) is 9.59 Å². The Hall–Kier alpha value is -2.82. The number of nitrogens with zero attached hydrogens (tertiary/aromatic N) is 1. The molecule has 1 fully saturated rings. The highest BCUT2D eigenvalue weighted by Crippen LogP contribution is 2.27. The van der Waals surface area contributed by atoms with Gasteiger partial charge < -0.3 is 14.7 Å². The highest BCUT2D eigenvalue weighted by molar-refractivity contribution is 5.86. The normalized spacial score (nSPS) is 17.0. The molecule has 1 atom stereocenters. The number of hydrogen-bond acceptors (Lipinski definition) is 3. The lowest BCUT2D eigenvalue weighted by Gasteiger charge is -2.16. The van der Waals surface area contributed by atoms with Gasteiger partial charge in [0.1, 0.15) is 11.5 Å². The van der Waals surface area contributed by atoms with Crippen molar-refractivity contribution in [2.45, 2.75) is 26.8 Å². The molecule has 0 spiro atoms. The molecule has 2 aromatic rings. The average Bonchev–Trinajstić information content (AvgIpc) is 2.93. The summed E-state index contributed by atoms with van der Waals surface area (Å²) in [6.45, 7) is 4.75. The van der Waals surface area contributed by atoms with Crippen LogP contribution >= 0.6 is 0 Å². The van der Waals surface area contributed by atoms with Gasteiger partial charge in [0.2, 0.25) is 5.91 Å². The Kier molecular flexibility index (Phi) is 4.74. The summed E-state index contributed by atoms with van der Waals surface area (Å²) in [6, 6.07) is 13.6. The van der Waals surface area contributed by atoms with E-state index in [2.05, 4.69) is 6.07 Å². The molecule has 1 saturated heterocycles. The van der Waals surface area contributed by atoms with Crippen LogP contribution < -0.4 is 4.74 Å². The minimum absolute atomic E-state index is 0.0865. The maximum absolute atomic E-state index is 11.9. The molecule has 130 valence electrons. The molecule has 1 amide bonds. The predicted octanol–water partition coefficient (Wildman–Crippen LogP) is 3.53. The van der Waals surface area contributed by atoms with Crippen molar-refractivity contribution in [3.05, 3.63) is 59.2 Å². The molecule has 5 heteroatoms. The highest BCUT2D eigenvalue weighted by Gasteiger charge is 2.33. The van der Waals surface area contributed by atoms with E-state index in [1.807, 2.05) is 50.2 Å². The quantitative estimate of drug-likeness (QED) is 0.905. The Balaban J connectivity index is 1.64.